The van der Waals surface area contributed by atoms with E-state index in [1.165, 1.54) is 16.2 Å². The first kappa shape index (κ1) is 8.14. The van der Waals surface area contributed by atoms with Crippen LogP contribution in [0.5, 0.6) is 0 Å². The van der Waals surface area contributed by atoms with Gasteiger partial charge in [0.15, 0.2) is 0 Å². The number of benzene rings is 1. The van der Waals surface area contributed by atoms with Gasteiger partial charge in [0.05, 0.1) is 0 Å². The van der Waals surface area contributed by atoms with Gasteiger partial charge in [-0.1, -0.05) is 18.2 Å². The van der Waals surface area contributed by atoms with Crippen LogP contribution in [0.3, 0.4) is 0 Å². The molecule has 0 aromatic heterocycles. The lowest BCUT2D eigenvalue weighted by Gasteiger charge is -2.15. The fraction of sp³-hybridized carbons (Fsp3) is 0.125. The molecule has 0 bridgehead atoms. The molecule has 0 aliphatic carbocycles. The van der Waals surface area contributed by atoms with Gasteiger partial charge >= 0.3 is 0 Å². The summed E-state index contributed by atoms with van der Waals surface area (Å²) in [5.74, 6) is 1.22. The fourth-order valence-electron chi connectivity index (χ4n) is 0.839. The quantitative estimate of drug-likeness (QED) is 0.602. The average Bonchev–Trinajstić information content (AvgIpc) is 1.94. The summed E-state index contributed by atoms with van der Waals surface area (Å²) in [7, 11) is 0. The molecule has 0 fully saturated rings. The van der Waals surface area contributed by atoms with Crippen LogP contribution >= 0.6 is 11.8 Å². The van der Waals surface area contributed by atoms with E-state index < -0.39 is 0 Å². The Kier molecular flexibility index (Phi) is 2.98. The van der Waals surface area contributed by atoms with Gasteiger partial charge in [0.25, 0.3) is 6.47 Å². The molecule has 1 heterocycles. The van der Waals surface area contributed by atoms with Crippen molar-refractivity contribution in [2.45, 2.75) is 10.6 Å². The van der Waals surface area contributed by atoms with Crippen LogP contribution < -0.4 is 0 Å². The molecule has 3 heteroatoms. The topological polar surface area (TPSA) is 37.3 Å². The predicted octanol–water partition coefficient (Wildman–Crippen LogP) is 1.99. The maximum atomic E-state index is 8.36. The second-order valence-electron chi connectivity index (χ2n) is 2.00. The molecule has 2 nitrogen and oxygen atoms in total. The highest BCUT2D eigenvalue weighted by atomic mass is 32.2. The molecule has 1 aliphatic rings. The number of hydrogen-bond acceptors (Lipinski definition) is 2. The highest BCUT2D eigenvalue weighted by Crippen LogP contribution is 2.36. The summed E-state index contributed by atoms with van der Waals surface area (Å²) in [5, 5.41) is 6.89. The van der Waals surface area contributed by atoms with Crippen LogP contribution in [0.2, 0.25) is 0 Å². The maximum absolute atomic E-state index is 8.36. The zero-order valence-electron chi connectivity index (χ0n) is 5.86. The highest BCUT2D eigenvalue weighted by Gasteiger charge is 2.10. The lowest BCUT2D eigenvalue weighted by Crippen LogP contribution is -1.93. The zero-order chi connectivity index (χ0) is 8.10. The predicted molar refractivity (Wildman–Crippen MR) is 44.7 cm³/mol. The Hall–Kier alpha value is -0.960. The molecule has 1 aromatic carbocycles. The van der Waals surface area contributed by atoms with Crippen LogP contribution in [0.1, 0.15) is 5.56 Å². The molecular formula is C8H8O2S. The second kappa shape index (κ2) is 4.03. The second-order valence-corrected chi connectivity index (χ2v) is 3.02. The Balaban J connectivity index is 0.000000179. The molecular weight excluding hydrogens is 160 g/mol. The van der Waals surface area contributed by atoms with Gasteiger partial charge in [-0.05, 0) is 11.6 Å². The fourth-order valence-corrected chi connectivity index (χ4v) is 1.66. The minimum Gasteiger partial charge on any atom is -0.483 e. The summed E-state index contributed by atoms with van der Waals surface area (Å²) in [5.41, 5.74) is 1.51. The Morgan fingerprint density at radius 3 is 2.36 bits per heavy atom. The van der Waals surface area contributed by atoms with Crippen LogP contribution in [0, 0.1) is 0 Å². The number of carbonyl (C=O) groups is 1. The van der Waals surface area contributed by atoms with Gasteiger partial charge in [-0.25, -0.2) is 0 Å². The summed E-state index contributed by atoms with van der Waals surface area (Å²) >= 11 is 1.93. The molecule has 58 valence electrons. The van der Waals surface area contributed by atoms with Gasteiger partial charge in [0.2, 0.25) is 0 Å². The van der Waals surface area contributed by atoms with E-state index in [1.807, 2.05) is 11.8 Å². The van der Waals surface area contributed by atoms with Crippen molar-refractivity contribution < 1.29 is 9.90 Å². The maximum Gasteiger partial charge on any atom is 0.290 e. The zero-order valence-corrected chi connectivity index (χ0v) is 6.67. The van der Waals surface area contributed by atoms with Crippen LogP contribution in [0.25, 0.3) is 0 Å². The molecule has 0 unspecified atom stereocenters. The van der Waals surface area contributed by atoms with Crippen molar-refractivity contribution in [3.05, 3.63) is 29.8 Å². The molecule has 0 radical (unpaired) electrons. The largest absolute Gasteiger partial charge is 0.483 e. The molecule has 1 N–H and O–H groups in total. The van der Waals surface area contributed by atoms with Gasteiger partial charge in [-0.2, -0.15) is 0 Å². The van der Waals surface area contributed by atoms with Crippen LogP contribution in [-0.4, -0.2) is 11.6 Å². The number of rotatable bonds is 0. The van der Waals surface area contributed by atoms with E-state index in [4.69, 9.17) is 9.90 Å². The molecule has 2 rings (SSSR count). The Morgan fingerprint density at radius 1 is 1.45 bits per heavy atom. The summed E-state index contributed by atoms with van der Waals surface area (Å²) in [4.78, 5) is 9.83. The first-order valence-electron chi connectivity index (χ1n) is 3.17. The van der Waals surface area contributed by atoms with Crippen LogP contribution in [-0.2, 0) is 10.5 Å². The molecule has 0 saturated carbocycles. The molecule has 0 atom stereocenters. The van der Waals surface area contributed by atoms with Crippen molar-refractivity contribution in [3.8, 4) is 0 Å². The Morgan fingerprint density at radius 2 is 2.09 bits per heavy atom. The van der Waals surface area contributed by atoms with Crippen LogP contribution in [0.4, 0.5) is 0 Å². The molecule has 11 heavy (non-hydrogen) atoms. The van der Waals surface area contributed by atoms with Crippen molar-refractivity contribution >= 4 is 18.2 Å². The first-order valence-corrected chi connectivity index (χ1v) is 4.15. The standard InChI is InChI=1S/C7H6S.CH2O2/c1-2-4-7-6(3-1)5-8-7;2-1-3/h1-4H,5H2;1H,(H,2,3). The number of thioether (sulfide) groups is 1. The monoisotopic (exact) mass is 168 g/mol. The van der Waals surface area contributed by atoms with E-state index in [2.05, 4.69) is 24.3 Å². The first-order chi connectivity index (χ1) is 5.38. The van der Waals surface area contributed by atoms with Crippen molar-refractivity contribution in [1.29, 1.82) is 0 Å². The third-order valence-electron chi connectivity index (χ3n) is 1.36. The van der Waals surface area contributed by atoms with E-state index >= 15 is 0 Å². The lowest BCUT2D eigenvalue weighted by atomic mass is 10.2. The highest BCUT2D eigenvalue weighted by molar-refractivity contribution is 7.99. The SMILES string of the molecule is O=CO.c1ccc2c(c1)CS2. The summed E-state index contributed by atoms with van der Waals surface area (Å²) in [6.07, 6.45) is 0. The summed E-state index contributed by atoms with van der Waals surface area (Å²) in [6, 6.07) is 8.54. The Bertz CT molecular complexity index is 225. The smallest absolute Gasteiger partial charge is 0.290 e. The third kappa shape index (κ3) is 1.98. The number of carboxylic acid groups (broad SMARTS) is 1. The molecule has 0 spiro atoms. The summed E-state index contributed by atoms with van der Waals surface area (Å²) < 4.78 is 0. The minimum atomic E-state index is -0.250. The average molecular weight is 168 g/mol. The number of hydrogen-bond donors (Lipinski definition) is 1. The van der Waals surface area contributed by atoms with E-state index in [0.29, 0.717) is 0 Å². The van der Waals surface area contributed by atoms with E-state index in [9.17, 15) is 0 Å². The van der Waals surface area contributed by atoms with Crippen molar-refractivity contribution in [2.75, 3.05) is 0 Å². The van der Waals surface area contributed by atoms with Gasteiger partial charge in [-0.15, -0.1) is 11.8 Å². The summed E-state index contributed by atoms with van der Waals surface area (Å²) in [6.45, 7) is -0.250. The van der Waals surface area contributed by atoms with Crippen molar-refractivity contribution in [2.24, 2.45) is 0 Å². The van der Waals surface area contributed by atoms with Gasteiger partial charge in [-0.3, -0.25) is 4.79 Å². The van der Waals surface area contributed by atoms with Gasteiger partial charge in [0, 0.05) is 10.6 Å². The number of fused-ring (bicyclic) bond motifs is 1. The van der Waals surface area contributed by atoms with E-state index in [-0.39, 0.29) is 6.47 Å². The molecule has 0 saturated heterocycles. The normalized spacial score (nSPS) is 11.6. The molecule has 1 aliphatic heterocycles. The van der Waals surface area contributed by atoms with Gasteiger partial charge in [0.1, 0.15) is 0 Å². The van der Waals surface area contributed by atoms with Gasteiger partial charge < -0.3 is 5.11 Å². The van der Waals surface area contributed by atoms with E-state index in [0.717, 1.165) is 0 Å². The van der Waals surface area contributed by atoms with Crippen molar-refractivity contribution in [3.63, 3.8) is 0 Å². The van der Waals surface area contributed by atoms with Crippen molar-refractivity contribution in [1.82, 2.24) is 0 Å². The minimum absolute atomic E-state index is 0.250. The molecule has 1 aromatic rings. The van der Waals surface area contributed by atoms with E-state index in [1.54, 1.807) is 0 Å². The third-order valence-corrected chi connectivity index (χ3v) is 2.52. The van der Waals surface area contributed by atoms with Crippen LogP contribution in [0.15, 0.2) is 29.2 Å². The molecule has 0 amide bonds. The Labute approximate surface area is 69.2 Å². The lowest BCUT2D eigenvalue weighted by molar-refractivity contribution is -0.122.